The molecule has 0 spiro atoms. The first-order chi connectivity index (χ1) is 16.8. The number of rotatable bonds is 4. The number of carbonyl (C=O) groups excluding carboxylic acids is 2. The van der Waals surface area contributed by atoms with Gasteiger partial charge in [-0.15, -0.1) is 0 Å². The number of benzene rings is 3. The van der Waals surface area contributed by atoms with Crippen LogP contribution in [-0.4, -0.2) is 33.5 Å². The molecule has 3 aromatic rings. The highest BCUT2D eigenvalue weighted by molar-refractivity contribution is 8.14. The Morgan fingerprint density at radius 1 is 1.00 bits per heavy atom. The molecule has 1 atom stereocenters. The molecule has 35 heavy (non-hydrogen) atoms. The first-order valence-corrected chi connectivity index (χ1v) is 11.5. The summed E-state index contributed by atoms with van der Waals surface area (Å²) in [5, 5.41) is 2.75. The number of amides is 2. The normalized spacial score (nSPS) is 16.8. The lowest BCUT2D eigenvalue weighted by molar-refractivity contribution is -0.137. The third kappa shape index (κ3) is 4.57. The zero-order valence-electron chi connectivity index (χ0n) is 18.0. The van der Waals surface area contributed by atoms with E-state index in [0.29, 0.717) is 17.1 Å². The Morgan fingerprint density at radius 3 is 2.51 bits per heavy atom. The van der Waals surface area contributed by atoms with Gasteiger partial charge in [-0.1, -0.05) is 60.3 Å². The summed E-state index contributed by atoms with van der Waals surface area (Å²) in [6.07, 6.45) is -4.51. The molecule has 2 heterocycles. The molecule has 176 valence electrons. The van der Waals surface area contributed by atoms with Gasteiger partial charge >= 0.3 is 6.18 Å². The Bertz CT molecular complexity index is 1370. The minimum absolute atomic E-state index is 0.0324. The second-order valence-corrected chi connectivity index (χ2v) is 8.71. The first-order valence-electron chi connectivity index (χ1n) is 10.6. The van der Waals surface area contributed by atoms with Crippen molar-refractivity contribution in [3.05, 3.63) is 95.6 Å². The van der Waals surface area contributed by atoms with Gasteiger partial charge in [-0.05, 0) is 35.9 Å². The van der Waals surface area contributed by atoms with Crippen LogP contribution >= 0.6 is 11.8 Å². The van der Waals surface area contributed by atoms with Crippen molar-refractivity contribution in [2.45, 2.75) is 12.2 Å². The van der Waals surface area contributed by atoms with Crippen molar-refractivity contribution in [2.75, 3.05) is 11.1 Å². The summed E-state index contributed by atoms with van der Waals surface area (Å²) in [5.74, 6) is -0.522. The number of halogens is 3. The number of para-hydroxylation sites is 1. The number of thioether (sulfide) groups is 1. The van der Waals surface area contributed by atoms with E-state index in [4.69, 9.17) is 0 Å². The second-order valence-electron chi connectivity index (χ2n) is 7.77. The van der Waals surface area contributed by atoms with E-state index in [1.807, 2.05) is 48.5 Å². The SMILES string of the molecule is O=C(CSC1=Nc2ccccc2C2=N[C@H](c3ccccc3)C(=O)N12)Nc1cccc(C(F)(F)F)c1. The van der Waals surface area contributed by atoms with Crippen molar-refractivity contribution in [1.82, 2.24) is 4.90 Å². The van der Waals surface area contributed by atoms with Gasteiger partial charge in [0.15, 0.2) is 11.2 Å². The van der Waals surface area contributed by atoms with Crippen molar-refractivity contribution in [2.24, 2.45) is 9.98 Å². The first kappa shape index (κ1) is 22.9. The Kier molecular flexibility index (Phi) is 5.89. The van der Waals surface area contributed by atoms with Crippen LogP contribution in [0.2, 0.25) is 0 Å². The Hall–Kier alpha value is -3.92. The van der Waals surface area contributed by atoms with Crippen LogP contribution in [0.1, 0.15) is 22.7 Å². The number of fused-ring (bicyclic) bond motifs is 3. The summed E-state index contributed by atoms with van der Waals surface area (Å²) in [5.41, 5.74) is 1.24. The van der Waals surface area contributed by atoms with Crippen LogP contribution in [0.4, 0.5) is 24.5 Å². The molecule has 5 rings (SSSR count). The molecule has 0 aromatic heterocycles. The highest BCUT2D eigenvalue weighted by atomic mass is 32.2. The van der Waals surface area contributed by atoms with Crippen LogP contribution in [0.25, 0.3) is 0 Å². The van der Waals surface area contributed by atoms with Crippen molar-refractivity contribution in [1.29, 1.82) is 0 Å². The van der Waals surface area contributed by atoms with E-state index in [1.165, 1.54) is 17.0 Å². The molecule has 2 aliphatic rings. The molecule has 6 nitrogen and oxygen atoms in total. The van der Waals surface area contributed by atoms with Gasteiger partial charge in [-0.3, -0.25) is 9.59 Å². The van der Waals surface area contributed by atoms with Crippen molar-refractivity contribution >= 4 is 46.0 Å². The molecule has 0 unspecified atom stereocenters. The summed E-state index contributed by atoms with van der Waals surface area (Å²) in [6, 6.07) is 20.1. The lowest BCUT2D eigenvalue weighted by Gasteiger charge is -2.25. The minimum atomic E-state index is -4.51. The van der Waals surface area contributed by atoms with E-state index < -0.39 is 23.7 Å². The highest BCUT2D eigenvalue weighted by Crippen LogP contribution is 2.37. The fourth-order valence-corrected chi connectivity index (χ4v) is 4.60. The lowest BCUT2D eigenvalue weighted by atomic mass is 10.1. The van der Waals surface area contributed by atoms with E-state index in [-0.39, 0.29) is 22.5 Å². The van der Waals surface area contributed by atoms with Gasteiger partial charge in [-0.25, -0.2) is 14.9 Å². The van der Waals surface area contributed by atoms with E-state index in [0.717, 1.165) is 29.5 Å². The van der Waals surface area contributed by atoms with Gasteiger partial charge in [0.1, 0.15) is 5.84 Å². The summed E-state index contributed by atoms with van der Waals surface area (Å²) in [7, 11) is 0. The third-order valence-electron chi connectivity index (χ3n) is 5.39. The van der Waals surface area contributed by atoms with Crippen LogP contribution in [0.15, 0.2) is 88.8 Å². The summed E-state index contributed by atoms with van der Waals surface area (Å²) >= 11 is 1.02. The van der Waals surface area contributed by atoms with Crippen LogP contribution in [-0.2, 0) is 15.8 Å². The van der Waals surface area contributed by atoms with Gasteiger partial charge in [0.25, 0.3) is 5.91 Å². The molecule has 0 saturated carbocycles. The number of carbonyl (C=O) groups is 2. The predicted molar refractivity (Wildman–Crippen MR) is 129 cm³/mol. The van der Waals surface area contributed by atoms with Gasteiger partial charge < -0.3 is 5.32 Å². The molecule has 3 aromatic carbocycles. The molecule has 10 heteroatoms. The maximum absolute atomic E-state index is 13.3. The van der Waals surface area contributed by atoms with Crippen LogP contribution < -0.4 is 5.32 Å². The average molecular weight is 494 g/mol. The van der Waals surface area contributed by atoms with E-state index >= 15 is 0 Å². The molecule has 0 fully saturated rings. The summed E-state index contributed by atoms with van der Waals surface area (Å²) in [4.78, 5) is 36.5. The zero-order chi connectivity index (χ0) is 24.6. The molecule has 2 amide bonds. The van der Waals surface area contributed by atoms with Gasteiger partial charge in [0, 0.05) is 11.3 Å². The van der Waals surface area contributed by atoms with E-state index in [2.05, 4.69) is 15.3 Å². The largest absolute Gasteiger partial charge is 0.416 e. The maximum Gasteiger partial charge on any atom is 0.416 e. The standard InChI is InChI=1S/C25H17F3N4O2S/c26-25(27,28)16-9-6-10-17(13-16)29-20(33)14-35-24-30-19-12-5-4-11-18(19)22-31-21(23(34)32(22)24)15-7-2-1-3-8-15/h1-13,21H,14H2,(H,29,33)/t21-/m1/s1. The predicted octanol–water partition coefficient (Wildman–Crippen LogP) is 5.41. The number of hydrogen-bond donors (Lipinski definition) is 1. The number of aliphatic imine (C=N–C) groups is 2. The van der Waals surface area contributed by atoms with Crippen LogP contribution in [0, 0.1) is 0 Å². The molecule has 1 N–H and O–H groups in total. The fraction of sp³-hybridized carbons (Fsp3) is 0.120. The number of nitrogens with zero attached hydrogens (tertiary/aromatic N) is 3. The minimum Gasteiger partial charge on any atom is -0.325 e. The molecule has 0 aliphatic carbocycles. The average Bonchev–Trinajstić information content (AvgIpc) is 3.20. The third-order valence-corrected chi connectivity index (χ3v) is 6.33. The van der Waals surface area contributed by atoms with Crippen molar-refractivity contribution in [3.63, 3.8) is 0 Å². The zero-order valence-corrected chi connectivity index (χ0v) is 18.8. The monoisotopic (exact) mass is 494 g/mol. The lowest BCUT2D eigenvalue weighted by Crippen LogP contribution is -2.40. The van der Waals surface area contributed by atoms with Gasteiger partial charge in [0.05, 0.1) is 17.0 Å². The molecule has 0 saturated heterocycles. The van der Waals surface area contributed by atoms with E-state index in [1.54, 1.807) is 6.07 Å². The van der Waals surface area contributed by atoms with E-state index in [9.17, 15) is 22.8 Å². The van der Waals surface area contributed by atoms with Crippen molar-refractivity contribution in [3.8, 4) is 0 Å². The van der Waals surface area contributed by atoms with Gasteiger partial charge in [0.2, 0.25) is 5.91 Å². The smallest absolute Gasteiger partial charge is 0.325 e. The number of anilines is 1. The number of amidine groups is 2. The molecule has 0 bridgehead atoms. The van der Waals surface area contributed by atoms with Crippen LogP contribution in [0.3, 0.4) is 0 Å². The number of alkyl halides is 3. The highest BCUT2D eigenvalue weighted by Gasteiger charge is 2.42. The molecule has 0 radical (unpaired) electrons. The molecular formula is C25H17F3N4O2S. The van der Waals surface area contributed by atoms with Crippen LogP contribution in [0.5, 0.6) is 0 Å². The van der Waals surface area contributed by atoms with Crippen molar-refractivity contribution < 1.29 is 22.8 Å². The van der Waals surface area contributed by atoms with Gasteiger partial charge in [-0.2, -0.15) is 13.2 Å². The second kappa shape index (κ2) is 9.03. The molecule has 2 aliphatic heterocycles. The summed E-state index contributed by atoms with van der Waals surface area (Å²) in [6.45, 7) is 0. The topological polar surface area (TPSA) is 74.1 Å². The fourth-order valence-electron chi connectivity index (χ4n) is 3.80. The Labute approximate surface area is 202 Å². The Morgan fingerprint density at radius 2 is 1.74 bits per heavy atom. The maximum atomic E-state index is 13.3. The molecular weight excluding hydrogens is 477 g/mol. The number of hydrogen-bond acceptors (Lipinski definition) is 5. The number of nitrogens with one attached hydrogen (secondary N) is 1. The summed E-state index contributed by atoms with van der Waals surface area (Å²) < 4.78 is 38.9. The quantitative estimate of drug-likeness (QED) is 0.527. The Balaban J connectivity index is 1.37.